The predicted octanol–water partition coefficient (Wildman–Crippen LogP) is 2.75. The lowest BCUT2D eigenvalue weighted by atomic mass is 9.95. The van der Waals surface area contributed by atoms with Gasteiger partial charge in [-0.25, -0.2) is 0 Å². The Balaban J connectivity index is 2.00. The number of likely N-dealkylation sites (tertiary alicyclic amines) is 1. The highest BCUT2D eigenvalue weighted by Gasteiger charge is 2.28. The molecule has 0 spiro atoms. The summed E-state index contributed by atoms with van der Waals surface area (Å²) in [7, 11) is 0. The Bertz CT molecular complexity index is 537. The minimum absolute atomic E-state index is 0.0395. The van der Waals surface area contributed by atoms with Crippen LogP contribution in [0.25, 0.3) is 0 Å². The molecule has 2 amide bonds. The molecular formula is C16H21BrN2O2. The number of carbonyl (C=O) groups is 2. The van der Waals surface area contributed by atoms with Crippen LogP contribution in [-0.4, -0.2) is 36.3 Å². The van der Waals surface area contributed by atoms with Gasteiger partial charge >= 0.3 is 0 Å². The molecule has 1 fully saturated rings. The van der Waals surface area contributed by atoms with E-state index in [-0.39, 0.29) is 17.7 Å². The molecule has 1 aromatic carbocycles. The zero-order valence-electron chi connectivity index (χ0n) is 12.5. The minimum Gasteiger partial charge on any atom is -0.356 e. The van der Waals surface area contributed by atoms with Gasteiger partial charge in [0.05, 0.1) is 0 Å². The van der Waals surface area contributed by atoms with Crippen LogP contribution in [0.2, 0.25) is 0 Å². The molecule has 5 heteroatoms. The molecule has 0 atom stereocenters. The molecule has 1 aromatic rings. The third-order valence-corrected chi connectivity index (χ3v) is 4.43. The van der Waals surface area contributed by atoms with Crippen molar-refractivity contribution in [1.29, 1.82) is 0 Å². The standard InChI is InChI=1S/C16H21BrN2O2/c1-3-18-15(20)12-6-8-19(9-7-12)16(21)14-10-13(17)5-4-11(14)2/h4-5,10,12H,3,6-9H2,1-2H3,(H,18,20). The van der Waals surface area contributed by atoms with Gasteiger partial charge in [-0.2, -0.15) is 0 Å². The van der Waals surface area contributed by atoms with E-state index >= 15 is 0 Å². The van der Waals surface area contributed by atoms with Gasteiger partial charge in [-0.3, -0.25) is 9.59 Å². The Kier molecular flexibility index (Phi) is 5.39. The lowest BCUT2D eigenvalue weighted by molar-refractivity contribution is -0.126. The van der Waals surface area contributed by atoms with E-state index in [1.807, 2.05) is 36.9 Å². The summed E-state index contributed by atoms with van der Waals surface area (Å²) in [6.07, 6.45) is 1.48. The van der Waals surface area contributed by atoms with Crippen LogP contribution >= 0.6 is 15.9 Å². The van der Waals surface area contributed by atoms with Crippen LogP contribution in [-0.2, 0) is 4.79 Å². The maximum absolute atomic E-state index is 12.6. The Morgan fingerprint density at radius 1 is 1.33 bits per heavy atom. The van der Waals surface area contributed by atoms with Crippen molar-refractivity contribution in [2.45, 2.75) is 26.7 Å². The molecule has 4 nitrogen and oxygen atoms in total. The Morgan fingerprint density at radius 2 is 2.00 bits per heavy atom. The molecule has 114 valence electrons. The Labute approximate surface area is 134 Å². The Hall–Kier alpha value is -1.36. The molecule has 1 heterocycles. The van der Waals surface area contributed by atoms with Crippen LogP contribution < -0.4 is 5.32 Å². The van der Waals surface area contributed by atoms with E-state index in [2.05, 4.69) is 21.2 Å². The zero-order chi connectivity index (χ0) is 15.4. The van der Waals surface area contributed by atoms with E-state index in [0.29, 0.717) is 19.6 Å². The number of amides is 2. The highest BCUT2D eigenvalue weighted by atomic mass is 79.9. The predicted molar refractivity (Wildman–Crippen MR) is 86.2 cm³/mol. The summed E-state index contributed by atoms with van der Waals surface area (Å²) in [6.45, 7) is 5.82. The number of rotatable bonds is 3. The second kappa shape index (κ2) is 7.07. The lowest BCUT2D eigenvalue weighted by Crippen LogP contribution is -2.43. The number of halogens is 1. The normalized spacial score (nSPS) is 15.9. The van der Waals surface area contributed by atoms with Crippen molar-refractivity contribution in [3.63, 3.8) is 0 Å². The van der Waals surface area contributed by atoms with E-state index in [1.165, 1.54) is 0 Å². The first-order valence-corrected chi connectivity index (χ1v) is 8.15. The molecule has 0 aliphatic carbocycles. The summed E-state index contributed by atoms with van der Waals surface area (Å²) < 4.78 is 0.911. The van der Waals surface area contributed by atoms with Gasteiger partial charge in [-0.05, 0) is 44.4 Å². The number of aryl methyl sites for hydroxylation is 1. The van der Waals surface area contributed by atoms with E-state index in [1.54, 1.807) is 0 Å². The van der Waals surface area contributed by atoms with Crippen molar-refractivity contribution >= 4 is 27.7 Å². The largest absolute Gasteiger partial charge is 0.356 e. The van der Waals surface area contributed by atoms with Gasteiger partial charge < -0.3 is 10.2 Å². The lowest BCUT2D eigenvalue weighted by Gasteiger charge is -2.31. The summed E-state index contributed by atoms with van der Waals surface area (Å²) in [5, 5.41) is 2.86. The van der Waals surface area contributed by atoms with Crippen molar-refractivity contribution in [3.8, 4) is 0 Å². The zero-order valence-corrected chi connectivity index (χ0v) is 14.1. The van der Waals surface area contributed by atoms with Gasteiger partial charge in [0.2, 0.25) is 5.91 Å². The Morgan fingerprint density at radius 3 is 2.62 bits per heavy atom. The molecular weight excluding hydrogens is 332 g/mol. The molecule has 21 heavy (non-hydrogen) atoms. The fraction of sp³-hybridized carbons (Fsp3) is 0.500. The molecule has 2 rings (SSSR count). The van der Waals surface area contributed by atoms with Crippen LogP contribution in [0, 0.1) is 12.8 Å². The van der Waals surface area contributed by atoms with Gasteiger partial charge in [0, 0.05) is 35.6 Å². The van der Waals surface area contributed by atoms with Crippen LogP contribution in [0.5, 0.6) is 0 Å². The number of hydrogen-bond acceptors (Lipinski definition) is 2. The summed E-state index contributed by atoms with van der Waals surface area (Å²) in [4.78, 5) is 26.3. The number of hydrogen-bond donors (Lipinski definition) is 1. The van der Waals surface area contributed by atoms with Crippen LogP contribution in [0.1, 0.15) is 35.7 Å². The molecule has 1 aliphatic heterocycles. The topological polar surface area (TPSA) is 49.4 Å². The number of nitrogens with one attached hydrogen (secondary N) is 1. The van der Waals surface area contributed by atoms with Gasteiger partial charge in [0.15, 0.2) is 0 Å². The SMILES string of the molecule is CCNC(=O)C1CCN(C(=O)c2cc(Br)ccc2C)CC1. The molecule has 0 bridgehead atoms. The molecule has 0 radical (unpaired) electrons. The van der Waals surface area contributed by atoms with Crippen molar-refractivity contribution in [1.82, 2.24) is 10.2 Å². The summed E-state index contributed by atoms with van der Waals surface area (Å²) in [5.41, 5.74) is 1.72. The second-order valence-corrected chi connectivity index (χ2v) is 6.34. The monoisotopic (exact) mass is 352 g/mol. The molecule has 1 aliphatic rings. The van der Waals surface area contributed by atoms with Crippen molar-refractivity contribution in [2.75, 3.05) is 19.6 Å². The molecule has 1 saturated heterocycles. The number of nitrogens with zero attached hydrogens (tertiary/aromatic N) is 1. The second-order valence-electron chi connectivity index (χ2n) is 5.42. The number of benzene rings is 1. The summed E-state index contributed by atoms with van der Waals surface area (Å²) >= 11 is 3.41. The maximum atomic E-state index is 12.6. The smallest absolute Gasteiger partial charge is 0.254 e. The first-order valence-electron chi connectivity index (χ1n) is 7.36. The van der Waals surface area contributed by atoms with E-state index in [0.717, 1.165) is 28.4 Å². The van der Waals surface area contributed by atoms with E-state index in [4.69, 9.17) is 0 Å². The van der Waals surface area contributed by atoms with Gasteiger partial charge in [-0.15, -0.1) is 0 Å². The van der Waals surface area contributed by atoms with Gasteiger partial charge in [-0.1, -0.05) is 22.0 Å². The average Bonchev–Trinajstić information content (AvgIpc) is 2.49. The fourth-order valence-corrected chi connectivity index (χ4v) is 3.02. The number of carbonyl (C=O) groups excluding carboxylic acids is 2. The van der Waals surface area contributed by atoms with Crippen molar-refractivity contribution < 1.29 is 9.59 Å². The van der Waals surface area contributed by atoms with Crippen LogP contribution in [0.4, 0.5) is 0 Å². The first-order chi connectivity index (χ1) is 10.0. The van der Waals surface area contributed by atoms with Crippen molar-refractivity contribution in [2.24, 2.45) is 5.92 Å². The van der Waals surface area contributed by atoms with E-state index < -0.39 is 0 Å². The fourth-order valence-electron chi connectivity index (χ4n) is 2.66. The summed E-state index contributed by atoms with van der Waals surface area (Å²) in [6, 6.07) is 5.75. The number of piperidine rings is 1. The minimum atomic E-state index is 0.0395. The third-order valence-electron chi connectivity index (χ3n) is 3.93. The highest BCUT2D eigenvalue weighted by molar-refractivity contribution is 9.10. The van der Waals surface area contributed by atoms with Gasteiger partial charge in [0.1, 0.15) is 0 Å². The van der Waals surface area contributed by atoms with Crippen LogP contribution in [0.3, 0.4) is 0 Å². The molecule has 0 unspecified atom stereocenters. The molecule has 0 saturated carbocycles. The average molecular weight is 353 g/mol. The van der Waals surface area contributed by atoms with Crippen LogP contribution in [0.15, 0.2) is 22.7 Å². The first kappa shape index (κ1) is 16.0. The summed E-state index contributed by atoms with van der Waals surface area (Å²) in [5.74, 6) is 0.212. The molecule has 0 aromatic heterocycles. The van der Waals surface area contributed by atoms with E-state index in [9.17, 15) is 9.59 Å². The quantitative estimate of drug-likeness (QED) is 0.909. The van der Waals surface area contributed by atoms with Gasteiger partial charge in [0.25, 0.3) is 5.91 Å². The third kappa shape index (κ3) is 3.84. The maximum Gasteiger partial charge on any atom is 0.254 e. The molecule has 1 N–H and O–H groups in total. The highest BCUT2D eigenvalue weighted by Crippen LogP contribution is 2.22. The van der Waals surface area contributed by atoms with Crippen molar-refractivity contribution in [3.05, 3.63) is 33.8 Å².